The lowest BCUT2D eigenvalue weighted by molar-refractivity contribution is 0.429. The number of rotatable bonds is 2. The summed E-state index contributed by atoms with van der Waals surface area (Å²) in [5.74, 6) is 0.510. The van der Waals surface area contributed by atoms with Gasteiger partial charge in [0.1, 0.15) is 0 Å². The molecule has 0 unspecified atom stereocenters. The van der Waals surface area contributed by atoms with E-state index in [0.717, 1.165) is 16.8 Å². The third-order valence-corrected chi connectivity index (χ3v) is 7.33. The summed E-state index contributed by atoms with van der Waals surface area (Å²) in [5, 5.41) is 11.2. The molecule has 3 heterocycles. The topological polar surface area (TPSA) is 74.9 Å². The molecule has 0 fully saturated rings. The summed E-state index contributed by atoms with van der Waals surface area (Å²) in [7, 11) is -3.71. The average Bonchev–Trinajstić information content (AvgIpc) is 3.21. The van der Waals surface area contributed by atoms with E-state index in [1.807, 2.05) is 35.0 Å². The van der Waals surface area contributed by atoms with Gasteiger partial charge in [-0.1, -0.05) is 32.0 Å². The molecular weight excluding hydrogens is 374 g/mol. The Labute approximate surface area is 163 Å². The number of anilines is 1. The number of benzene rings is 2. The molecule has 7 heteroatoms. The van der Waals surface area contributed by atoms with E-state index < -0.39 is 10.0 Å². The monoisotopic (exact) mass is 395 g/mol. The van der Waals surface area contributed by atoms with E-state index >= 15 is 0 Å². The zero-order valence-corrected chi connectivity index (χ0v) is 16.6. The van der Waals surface area contributed by atoms with Crippen LogP contribution in [0.1, 0.15) is 19.4 Å². The molecule has 0 amide bonds. The molecule has 0 atom stereocenters. The summed E-state index contributed by atoms with van der Waals surface area (Å²) >= 11 is 0. The van der Waals surface area contributed by atoms with Crippen LogP contribution in [0.15, 0.2) is 52.4 Å². The predicted octanol–water partition coefficient (Wildman–Crippen LogP) is 3.84. The quantitative estimate of drug-likeness (QED) is 0.716. The van der Waals surface area contributed by atoms with Crippen LogP contribution >= 0.6 is 0 Å². The molecule has 2 aromatic carbocycles. The molecule has 5 rings (SSSR count). The average molecular weight is 395 g/mol. The molecule has 6 nitrogen and oxygen atoms in total. The minimum absolute atomic E-state index is 0.0284. The highest BCUT2D eigenvalue weighted by Crippen LogP contribution is 2.43. The number of sulfonamides is 1. The van der Waals surface area contributed by atoms with Crippen LogP contribution < -0.4 is 4.31 Å². The molecular formula is C21H21N3O3S. The lowest BCUT2D eigenvalue weighted by Crippen LogP contribution is -2.29. The molecule has 1 aromatic heterocycles. The maximum Gasteiger partial charge on any atom is 0.264 e. The Morgan fingerprint density at radius 3 is 2.75 bits per heavy atom. The Morgan fingerprint density at radius 1 is 1.14 bits per heavy atom. The van der Waals surface area contributed by atoms with Gasteiger partial charge in [0.05, 0.1) is 16.1 Å². The second-order valence-corrected chi connectivity index (χ2v) is 10.0. The fourth-order valence-corrected chi connectivity index (χ4v) is 5.65. The minimum Gasteiger partial charge on any atom is -0.504 e. The van der Waals surface area contributed by atoms with Crippen LogP contribution in [-0.4, -0.2) is 30.9 Å². The number of hydrogen-bond donors (Lipinski definition) is 1. The van der Waals surface area contributed by atoms with Crippen LogP contribution in [0.2, 0.25) is 0 Å². The van der Waals surface area contributed by atoms with Crippen LogP contribution in [0, 0.1) is 5.41 Å². The van der Waals surface area contributed by atoms with Gasteiger partial charge in [0.2, 0.25) is 0 Å². The van der Waals surface area contributed by atoms with Crippen molar-refractivity contribution in [3.05, 3.63) is 48.0 Å². The molecule has 144 valence electrons. The first kappa shape index (κ1) is 17.3. The van der Waals surface area contributed by atoms with Gasteiger partial charge in [-0.3, -0.25) is 4.31 Å². The molecule has 2 aliphatic rings. The van der Waals surface area contributed by atoms with Gasteiger partial charge in [0.25, 0.3) is 10.0 Å². The zero-order valence-electron chi connectivity index (χ0n) is 15.8. The standard InChI is InChI=1S/C21H21N3O3S/c1-21(2)12-22-20-19(25)16-11-15(7-8-18(16)23(20)13-21)28(26,27)24-10-9-14-5-3-4-6-17(14)24/h3-8,11-12,25H,9-10,13H2,1-2H3. The highest BCUT2D eigenvalue weighted by Gasteiger charge is 2.32. The Kier molecular flexibility index (Phi) is 3.47. The third kappa shape index (κ3) is 2.39. The lowest BCUT2D eigenvalue weighted by Gasteiger charge is -2.25. The molecule has 0 saturated heterocycles. The summed E-state index contributed by atoms with van der Waals surface area (Å²) in [5.41, 5.74) is 2.42. The van der Waals surface area contributed by atoms with Gasteiger partial charge < -0.3 is 9.67 Å². The second kappa shape index (κ2) is 5.61. The molecule has 0 radical (unpaired) electrons. The van der Waals surface area contributed by atoms with Crippen LogP contribution in [0.25, 0.3) is 10.9 Å². The first-order valence-electron chi connectivity index (χ1n) is 9.29. The largest absolute Gasteiger partial charge is 0.504 e. The number of para-hydroxylation sites is 1. The van der Waals surface area contributed by atoms with Crippen molar-refractivity contribution in [2.45, 2.75) is 31.7 Å². The van der Waals surface area contributed by atoms with Crippen molar-refractivity contribution in [3.8, 4) is 5.75 Å². The van der Waals surface area contributed by atoms with Gasteiger partial charge >= 0.3 is 0 Å². The van der Waals surface area contributed by atoms with Crippen LogP contribution in [0.4, 0.5) is 11.5 Å². The lowest BCUT2D eigenvalue weighted by atomic mass is 9.94. The van der Waals surface area contributed by atoms with Gasteiger partial charge in [-0.2, -0.15) is 0 Å². The van der Waals surface area contributed by atoms with Gasteiger partial charge in [-0.15, -0.1) is 0 Å². The predicted molar refractivity (Wildman–Crippen MR) is 110 cm³/mol. The summed E-state index contributed by atoms with van der Waals surface area (Å²) in [6, 6.07) is 12.5. The summed E-state index contributed by atoms with van der Waals surface area (Å²) in [6.07, 6.45) is 2.53. The van der Waals surface area contributed by atoms with Gasteiger partial charge in [0.15, 0.2) is 11.6 Å². The van der Waals surface area contributed by atoms with E-state index in [9.17, 15) is 13.5 Å². The van der Waals surface area contributed by atoms with Crippen LogP contribution in [0.3, 0.4) is 0 Å². The zero-order chi connectivity index (χ0) is 19.7. The van der Waals surface area contributed by atoms with E-state index in [-0.39, 0.29) is 16.1 Å². The van der Waals surface area contributed by atoms with Crippen molar-refractivity contribution in [3.63, 3.8) is 0 Å². The first-order valence-corrected chi connectivity index (χ1v) is 10.7. The first-order chi connectivity index (χ1) is 13.3. The molecule has 28 heavy (non-hydrogen) atoms. The minimum atomic E-state index is -3.71. The molecule has 0 spiro atoms. The maximum atomic E-state index is 13.3. The van der Waals surface area contributed by atoms with Gasteiger partial charge in [0, 0.05) is 30.1 Å². The second-order valence-electron chi connectivity index (χ2n) is 8.14. The highest BCUT2D eigenvalue weighted by atomic mass is 32.2. The van der Waals surface area contributed by atoms with Crippen molar-refractivity contribution in [1.82, 2.24) is 4.57 Å². The van der Waals surface area contributed by atoms with Crippen LogP contribution in [0.5, 0.6) is 5.75 Å². The Hall–Kier alpha value is -2.80. The Morgan fingerprint density at radius 2 is 1.93 bits per heavy atom. The summed E-state index contributed by atoms with van der Waals surface area (Å²) in [6.45, 7) is 5.25. The third-order valence-electron chi connectivity index (χ3n) is 5.52. The van der Waals surface area contributed by atoms with Crippen molar-refractivity contribution in [2.24, 2.45) is 10.4 Å². The van der Waals surface area contributed by atoms with E-state index in [1.54, 1.807) is 18.2 Å². The van der Waals surface area contributed by atoms with Crippen molar-refractivity contribution >= 4 is 38.6 Å². The number of hydrogen-bond acceptors (Lipinski definition) is 4. The highest BCUT2D eigenvalue weighted by molar-refractivity contribution is 7.92. The number of aromatic nitrogens is 1. The molecule has 0 aliphatic carbocycles. The number of nitrogens with zero attached hydrogens (tertiary/aromatic N) is 3. The summed E-state index contributed by atoms with van der Waals surface area (Å²) in [4.78, 5) is 4.59. The molecule has 0 saturated carbocycles. The maximum absolute atomic E-state index is 13.3. The number of fused-ring (bicyclic) bond motifs is 4. The SMILES string of the molecule is CC1(C)C=Nc2c(O)c3cc(S(=O)(=O)N4CCc5ccccc54)ccc3n2C1. The number of aromatic hydroxyl groups is 1. The fraction of sp³-hybridized carbons (Fsp3) is 0.286. The van der Waals surface area contributed by atoms with E-state index in [2.05, 4.69) is 18.8 Å². The Balaban J connectivity index is 1.64. The normalized spacial score (nSPS) is 17.7. The number of aliphatic imine (C=N–C) groups is 1. The van der Waals surface area contributed by atoms with Gasteiger partial charge in [-0.25, -0.2) is 13.4 Å². The van der Waals surface area contributed by atoms with Crippen LogP contribution in [-0.2, 0) is 23.0 Å². The Bertz CT molecular complexity index is 1260. The van der Waals surface area contributed by atoms with E-state index in [1.165, 1.54) is 4.31 Å². The van der Waals surface area contributed by atoms with Crippen molar-refractivity contribution in [1.29, 1.82) is 0 Å². The summed E-state index contributed by atoms with van der Waals surface area (Å²) < 4.78 is 30.0. The van der Waals surface area contributed by atoms with E-state index in [4.69, 9.17) is 0 Å². The fourth-order valence-electron chi connectivity index (χ4n) is 4.12. The van der Waals surface area contributed by atoms with Crippen molar-refractivity contribution < 1.29 is 13.5 Å². The molecule has 0 bridgehead atoms. The van der Waals surface area contributed by atoms with Crippen molar-refractivity contribution in [2.75, 3.05) is 10.8 Å². The molecule has 2 aliphatic heterocycles. The van der Waals surface area contributed by atoms with Gasteiger partial charge in [-0.05, 0) is 36.2 Å². The molecule has 1 N–H and O–H groups in total. The smallest absolute Gasteiger partial charge is 0.264 e. The molecule has 3 aromatic rings. The van der Waals surface area contributed by atoms with E-state index in [0.29, 0.717) is 30.7 Å².